The zero-order valence-corrected chi connectivity index (χ0v) is 10.8. The van der Waals surface area contributed by atoms with Gasteiger partial charge in [-0.25, -0.2) is 4.98 Å². The highest BCUT2D eigenvalue weighted by atomic mass is 16.5. The van der Waals surface area contributed by atoms with Crippen molar-refractivity contribution in [3.8, 4) is 5.88 Å². The van der Waals surface area contributed by atoms with E-state index in [1.807, 2.05) is 13.8 Å². The highest BCUT2D eigenvalue weighted by Gasteiger charge is 2.31. The minimum atomic E-state index is -0.288. The Hall–Kier alpha value is -1.69. The number of nitrogens with zero attached hydrogens (tertiary/aromatic N) is 2. The lowest BCUT2D eigenvalue weighted by Gasteiger charge is -2.12. The summed E-state index contributed by atoms with van der Waals surface area (Å²) in [6.45, 7) is 4.33. The van der Waals surface area contributed by atoms with E-state index in [0.717, 1.165) is 5.69 Å². The number of carbonyl (C=O) groups excluding carboxylic acids is 1. The molecule has 1 saturated heterocycles. The number of hydrogen-bond donors (Lipinski definition) is 1. The van der Waals surface area contributed by atoms with Gasteiger partial charge in [-0.05, 0) is 13.8 Å². The molecule has 98 valence electrons. The molecule has 1 fully saturated rings. The molecule has 0 spiro atoms. The number of hydrogen-bond acceptors (Lipinski definition) is 6. The fourth-order valence-electron chi connectivity index (χ4n) is 2.03. The minimum absolute atomic E-state index is 0.0669. The van der Waals surface area contributed by atoms with E-state index in [1.54, 1.807) is 6.07 Å². The number of aromatic nitrogens is 2. The molecule has 0 bridgehead atoms. The molecule has 0 aromatic carbocycles. The third-order valence-corrected chi connectivity index (χ3v) is 2.81. The van der Waals surface area contributed by atoms with E-state index in [0.29, 0.717) is 24.7 Å². The van der Waals surface area contributed by atoms with Crippen LogP contribution in [0.4, 0.5) is 0 Å². The molecule has 0 aliphatic carbocycles. The van der Waals surface area contributed by atoms with E-state index >= 15 is 0 Å². The average Bonchev–Trinajstić information content (AvgIpc) is 2.75. The molecule has 1 aliphatic heterocycles. The number of ether oxygens (including phenoxy) is 2. The van der Waals surface area contributed by atoms with Gasteiger partial charge in [-0.3, -0.25) is 4.79 Å². The van der Waals surface area contributed by atoms with E-state index in [-0.39, 0.29) is 18.1 Å². The first-order valence-corrected chi connectivity index (χ1v) is 5.88. The van der Waals surface area contributed by atoms with Crippen LogP contribution in [-0.2, 0) is 9.53 Å². The normalized spacial score (nSPS) is 22.8. The van der Waals surface area contributed by atoms with Crippen molar-refractivity contribution in [2.45, 2.75) is 32.4 Å². The van der Waals surface area contributed by atoms with Crippen LogP contribution in [0.5, 0.6) is 5.88 Å². The first-order valence-electron chi connectivity index (χ1n) is 5.88. The SMILES string of the molecule is COC(=O)C1CC(Oc2cc(C)nc(C)n2)CN1. The predicted molar refractivity (Wildman–Crippen MR) is 64.3 cm³/mol. The fourth-order valence-corrected chi connectivity index (χ4v) is 2.03. The number of esters is 1. The molecule has 2 unspecified atom stereocenters. The lowest BCUT2D eigenvalue weighted by atomic mass is 10.2. The molecule has 0 saturated carbocycles. The Labute approximate surface area is 106 Å². The van der Waals surface area contributed by atoms with Crippen LogP contribution >= 0.6 is 0 Å². The van der Waals surface area contributed by atoms with E-state index in [2.05, 4.69) is 20.0 Å². The topological polar surface area (TPSA) is 73.3 Å². The van der Waals surface area contributed by atoms with Crippen molar-refractivity contribution >= 4 is 5.97 Å². The molecule has 0 radical (unpaired) electrons. The first kappa shape index (κ1) is 12.8. The van der Waals surface area contributed by atoms with Crippen LogP contribution in [0.2, 0.25) is 0 Å². The summed E-state index contributed by atoms with van der Waals surface area (Å²) in [7, 11) is 1.38. The molecule has 6 nitrogen and oxygen atoms in total. The quantitative estimate of drug-likeness (QED) is 0.783. The van der Waals surface area contributed by atoms with Gasteiger partial charge in [0, 0.05) is 24.7 Å². The molecule has 1 aliphatic rings. The fraction of sp³-hybridized carbons (Fsp3) is 0.583. The second kappa shape index (κ2) is 5.30. The summed E-state index contributed by atoms with van der Waals surface area (Å²) < 4.78 is 10.4. The monoisotopic (exact) mass is 251 g/mol. The van der Waals surface area contributed by atoms with Gasteiger partial charge in [0.2, 0.25) is 5.88 Å². The first-order chi connectivity index (χ1) is 8.58. The molecule has 6 heteroatoms. The maximum atomic E-state index is 11.4. The standard InChI is InChI=1S/C12H17N3O3/c1-7-4-11(15-8(2)14-7)18-9-5-10(13-6-9)12(16)17-3/h4,9-10,13H,5-6H2,1-3H3. The summed E-state index contributed by atoms with van der Waals surface area (Å²) in [6, 6.07) is 1.50. The van der Waals surface area contributed by atoms with Crippen molar-refractivity contribution in [1.82, 2.24) is 15.3 Å². The van der Waals surface area contributed by atoms with Gasteiger partial charge >= 0.3 is 5.97 Å². The van der Waals surface area contributed by atoms with Crippen molar-refractivity contribution in [2.75, 3.05) is 13.7 Å². The molecule has 1 aromatic heterocycles. The Balaban J connectivity index is 1.97. The Morgan fingerprint density at radius 2 is 2.22 bits per heavy atom. The molecule has 2 atom stereocenters. The van der Waals surface area contributed by atoms with E-state index in [1.165, 1.54) is 7.11 Å². The van der Waals surface area contributed by atoms with Crippen LogP contribution in [0, 0.1) is 13.8 Å². The minimum Gasteiger partial charge on any atom is -0.473 e. The van der Waals surface area contributed by atoms with Crippen LogP contribution in [0.25, 0.3) is 0 Å². The zero-order chi connectivity index (χ0) is 13.1. The molecule has 2 rings (SSSR count). The van der Waals surface area contributed by atoms with Crippen molar-refractivity contribution in [1.29, 1.82) is 0 Å². The van der Waals surface area contributed by atoms with E-state index in [9.17, 15) is 4.79 Å². The highest BCUT2D eigenvalue weighted by Crippen LogP contribution is 2.16. The maximum absolute atomic E-state index is 11.4. The summed E-state index contributed by atoms with van der Waals surface area (Å²) in [6.07, 6.45) is 0.525. The van der Waals surface area contributed by atoms with Crippen LogP contribution < -0.4 is 10.1 Å². The Kier molecular flexibility index (Phi) is 3.76. The number of methoxy groups -OCH3 is 1. The summed E-state index contributed by atoms with van der Waals surface area (Å²) in [5.74, 6) is 0.980. The maximum Gasteiger partial charge on any atom is 0.323 e. The molecule has 0 amide bonds. The molecule has 2 heterocycles. The average molecular weight is 251 g/mol. The lowest BCUT2D eigenvalue weighted by molar-refractivity contribution is -0.142. The van der Waals surface area contributed by atoms with Crippen molar-refractivity contribution in [2.24, 2.45) is 0 Å². The highest BCUT2D eigenvalue weighted by molar-refractivity contribution is 5.76. The van der Waals surface area contributed by atoms with Gasteiger partial charge in [0.1, 0.15) is 18.0 Å². The van der Waals surface area contributed by atoms with Crippen LogP contribution in [-0.4, -0.2) is 41.7 Å². The van der Waals surface area contributed by atoms with Gasteiger partial charge < -0.3 is 14.8 Å². The van der Waals surface area contributed by atoms with E-state index in [4.69, 9.17) is 4.74 Å². The second-order valence-corrected chi connectivity index (χ2v) is 4.35. The number of aryl methyl sites for hydroxylation is 2. The van der Waals surface area contributed by atoms with Crippen LogP contribution in [0.1, 0.15) is 17.9 Å². The predicted octanol–water partition coefficient (Wildman–Crippen LogP) is 0.376. The summed E-state index contributed by atoms with van der Waals surface area (Å²) in [4.78, 5) is 19.7. The van der Waals surface area contributed by atoms with Gasteiger partial charge in [0.25, 0.3) is 0 Å². The molecular formula is C12H17N3O3. The summed E-state index contributed by atoms with van der Waals surface area (Å²) in [5, 5.41) is 3.06. The van der Waals surface area contributed by atoms with Crippen molar-refractivity contribution < 1.29 is 14.3 Å². The van der Waals surface area contributed by atoms with Gasteiger partial charge in [0.15, 0.2) is 0 Å². The van der Waals surface area contributed by atoms with Crippen LogP contribution in [0.15, 0.2) is 6.07 Å². The zero-order valence-electron chi connectivity index (χ0n) is 10.8. The van der Waals surface area contributed by atoms with Crippen molar-refractivity contribution in [3.63, 3.8) is 0 Å². The Morgan fingerprint density at radius 1 is 1.44 bits per heavy atom. The van der Waals surface area contributed by atoms with E-state index < -0.39 is 0 Å². The Bertz CT molecular complexity index is 430. The third kappa shape index (κ3) is 2.95. The molecule has 1 N–H and O–H groups in total. The Morgan fingerprint density at radius 3 is 2.89 bits per heavy atom. The van der Waals surface area contributed by atoms with Crippen LogP contribution in [0.3, 0.4) is 0 Å². The van der Waals surface area contributed by atoms with Gasteiger partial charge in [-0.15, -0.1) is 0 Å². The van der Waals surface area contributed by atoms with Gasteiger partial charge in [-0.2, -0.15) is 4.98 Å². The number of carbonyl (C=O) groups is 1. The second-order valence-electron chi connectivity index (χ2n) is 4.35. The summed E-state index contributed by atoms with van der Waals surface area (Å²) in [5.41, 5.74) is 0.868. The largest absolute Gasteiger partial charge is 0.473 e. The molecule has 1 aromatic rings. The smallest absolute Gasteiger partial charge is 0.323 e. The third-order valence-electron chi connectivity index (χ3n) is 2.81. The molecular weight excluding hydrogens is 234 g/mol. The number of nitrogens with one attached hydrogen (secondary N) is 1. The van der Waals surface area contributed by atoms with Crippen molar-refractivity contribution in [3.05, 3.63) is 17.6 Å². The number of rotatable bonds is 3. The van der Waals surface area contributed by atoms with Gasteiger partial charge in [0.05, 0.1) is 7.11 Å². The lowest BCUT2D eigenvalue weighted by Crippen LogP contribution is -2.31. The summed E-state index contributed by atoms with van der Waals surface area (Å²) >= 11 is 0. The molecule has 18 heavy (non-hydrogen) atoms. The van der Waals surface area contributed by atoms with Gasteiger partial charge in [-0.1, -0.05) is 0 Å².